The maximum Gasteiger partial charge on any atom is 0.410 e. The lowest BCUT2D eigenvalue weighted by Crippen LogP contribution is -2.41. The molecule has 0 unspecified atom stereocenters. The van der Waals surface area contributed by atoms with E-state index in [0.29, 0.717) is 13.0 Å². The molecule has 1 amide bonds. The standard InChI is InChI=1S/C14H25NO3/c1-10(2)12(16)9-11-7-6-8-15(11)13(17)18-14(3,4)5/h10-11H,6-9H2,1-5H3/t11-/m0/s1. The van der Waals surface area contributed by atoms with E-state index in [1.807, 2.05) is 34.6 Å². The topological polar surface area (TPSA) is 46.6 Å². The molecule has 0 aromatic heterocycles. The summed E-state index contributed by atoms with van der Waals surface area (Å²) in [7, 11) is 0. The Bertz CT molecular complexity index is 317. The van der Waals surface area contributed by atoms with Crippen molar-refractivity contribution in [2.24, 2.45) is 5.92 Å². The predicted octanol–water partition coefficient (Wildman–Crippen LogP) is 3.00. The Kier molecular flexibility index (Phi) is 4.77. The summed E-state index contributed by atoms with van der Waals surface area (Å²) in [5.74, 6) is 0.251. The van der Waals surface area contributed by atoms with Crippen LogP contribution in [0.25, 0.3) is 0 Å². The Morgan fingerprint density at radius 2 is 1.94 bits per heavy atom. The lowest BCUT2D eigenvalue weighted by atomic mass is 10.0. The van der Waals surface area contributed by atoms with Crippen LogP contribution in [0.4, 0.5) is 4.79 Å². The SMILES string of the molecule is CC(C)C(=O)C[C@@H]1CCCN1C(=O)OC(C)(C)C. The zero-order valence-electron chi connectivity index (χ0n) is 12.2. The molecule has 0 N–H and O–H groups in total. The van der Waals surface area contributed by atoms with Gasteiger partial charge in [-0.1, -0.05) is 13.8 Å². The minimum absolute atomic E-state index is 0.0229. The number of ketones is 1. The molecule has 4 heteroatoms. The third kappa shape index (κ3) is 4.31. The first-order valence-electron chi connectivity index (χ1n) is 6.73. The third-order valence-corrected chi connectivity index (χ3v) is 3.09. The van der Waals surface area contributed by atoms with Crippen molar-refractivity contribution in [3.05, 3.63) is 0 Å². The zero-order valence-corrected chi connectivity index (χ0v) is 12.2. The summed E-state index contributed by atoms with van der Waals surface area (Å²) >= 11 is 0. The second-order valence-corrected chi connectivity index (χ2v) is 6.29. The van der Waals surface area contributed by atoms with Gasteiger partial charge in [-0.15, -0.1) is 0 Å². The number of Topliss-reactive ketones (excluding diaryl/α,β-unsaturated/α-hetero) is 1. The maximum atomic E-state index is 12.0. The number of likely N-dealkylation sites (tertiary alicyclic amines) is 1. The summed E-state index contributed by atoms with van der Waals surface area (Å²) in [6.07, 6.45) is 2.02. The summed E-state index contributed by atoms with van der Waals surface area (Å²) in [5, 5.41) is 0. The number of ether oxygens (including phenoxy) is 1. The number of rotatable bonds is 3. The lowest BCUT2D eigenvalue weighted by molar-refractivity contribution is -0.122. The molecule has 18 heavy (non-hydrogen) atoms. The van der Waals surface area contributed by atoms with Gasteiger partial charge in [0.15, 0.2) is 0 Å². The van der Waals surface area contributed by atoms with E-state index in [1.54, 1.807) is 4.90 Å². The Balaban J connectivity index is 2.59. The number of amides is 1. The Hall–Kier alpha value is -1.06. The van der Waals surface area contributed by atoms with Crippen LogP contribution in [0.5, 0.6) is 0 Å². The highest BCUT2D eigenvalue weighted by atomic mass is 16.6. The van der Waals surface area contributed by atoms with Crippen LogP contribution in [0.3, 0.4) is 0 Å². The van der Waals surface area contributed by atoms with Crippen molar-refractivity contribution in [3.8, 4) is 0 Å². The van der Waals surface area contributed by atoms with Crippen LogP contribution in [0, 0.1) is 5.92 Å². The Labute approximate surface area is 110 Å². The summed E-state index contributed by atoms with van der Waals surface area (Å²) in [6.45, 7) is 10.1. The highest BCUT2D eigenvalue weighted by Crippen LogP contribution is 2.24. The monoisotopic (exact) mass is 255 g/mol. The van der Waals surface area contributed by atoms with Crippen LogP contribution < -0.4 is 0 Å². The summed E-state index contributed by atoms with van der Waals surface area (Å²) in [5.41, 5.74) is -0.480. The molecule has 1 rings (SSSR count). The van der Waals surface area contributed by atoms with E-state index < -0.39 is 5.60 Å². The van der Waals surface area contributed by atoms with Gasteiger partial charge >= 0.3 is 6.09 Å². The highest BCUT2D eigenvalue weighted by molar-refractivity contribution is 5.81. The summed E-state index contributed by atoms with van der Waals surface area (Å²) in [6, 6.07) is 0.0229. The van der Waals surface area contributed by atoms with E-state index in [4.69, 9.17) is 4.74 Å². The minimum Gasteiger partial charge on any atom is -0.444 e. The molecule has 0 aliphatic carbocycles. The van der Waals surface area contributed by atoms with Gasteiger partial charge in [-0.2, -0.15) is 0 Å². The largest absolute Gasteiger partial charge is 0.444 e. The van der Waals surface area contributed by atoms with Crippen molar-refractivity contribution in [2.75, 3.05) is 6.54 Å². The molecule has 0 bridgehead atoms. The third-order valence-electron chi connectivity index (χ3n) is 3.09. The number of carbonyl (C=O) groups excluding carboxylic acids is 2. The van der Waals surface area contributed by atoms with Gasteiger partial charge in [-0.05, 0) is 33.6 Å². The van der Waals surface area contributed by atoms with E-state index in [2.05, 4.69) is 0 Å². The van der Waals surface area contributed by atoms with Gasteiger partial charge in [-0.3, -0.25) is 4.79 Å². The van der Waals surface area contributed by atoms with E-state index in [0.717, 1.165) is 12.8 Å². The number of hydrogen-bond donors (Lipinski definition) is 0. The Morgan fingerprint density at radius 1 is 1.33 bits per heavy atom. The molecule has 0 radical (unpaired) electrons. The molecule has 104 valence electrons. The van der Waals surface area contributed by atoms with Crippen LogP contribution in [-0.4, -0.2) is 35.0 Å². The van der Waals surface area contributed by atoms with Gasteiger partial charge in [-0.25, -0.2) is 4.79 Å². The maximum absolute atomic E-state index is 12.0. The van der Waals surface area contributed by atoms with Crippen LogP contribution in [0.1, 0.15) is 53.9 Å². The lowest BCUT2D eigenvalue weighted by Gasteiger charge is -2.28. The average molecular weight is 255 g/mol. The first-order valence-corrected chi connectivity index (χ1v) is 6.73. The molecule has 1 atom stereocenters. The van der Waals surface area contributed by atoms with E-state index in [-0.39, 0.29) is 23.8 Å². The second kappa shape index (κ2) is 5.72. The number of carbonyl (C=O) groups is 2. The van der Waals surface area contributed by atoms with Crippen LogP contribution in [0.15, 0.2) is 0 Å². The molecule has 0 aromatic carbocycles. The molecule has 0 spiro atoms. The fourth-order valence-electron chi connectivity index (χ4n) is 2.08. The molecule has 1 heterocycles. The summed E-state index contributed by atoms with van der Waals surface area (Å²) in [4.78, 5) is 25.5. The van der Waals surface area contributed by atoms with Crippen LogP contribution in [-0.2, 0) is 9.53 Å². The van der Waals surface area contributed by atoms with Gasteiger partial charge in [0.25, 0.3) is 0 Å². The quantitative estimate of drug-likeness (QED) is 0.778. The van der Waals surface area contributed by atoms with Gasteiger partial charge in [0.1, 0.15) is 11.4 Å². The Morgan fingerprint density at radius 3 is 2.44 bits per heavy atom. The molecular formula is C14H25NO3. The van der Waals surface area contributed by atoms with Gasteiger partial charge in [0.05, 0.1) is 0 Å². The molecule has 1 saturated heterocycles. The van der Waals surface area contributed by atoms with Crippen molar-refractivity contribution in [1.82, 2.24) is 4.90 Å². The number of nitrogens with zero attached hydrogens (tertiary/aromatic N) is 1. The van der Waals surface area contributed by atoms with E-state index >= 15 is 0 Å². The minimum atomic E-state index is -0.480. The van der Waals surface area contributed by atoms with Crippen LogP contribution in [0.2, 0.25) is 0 Å². The normalized spacial score (nSPS) is 20.3. The fourth-order valence-corrected chi connectivity index (χ4v) is 2.08. The van der Waals surface area contributed by atoms with Crippen molar-refractivity contribution in [1.29, 1.82) is 0 Å². The second-order valence-electron chi connectivity index (χ2n) is 6.29. The summed E-state index contributed by atoms with van der Waals surface area (Å²) < 4.78 is 5.37. The first-order chi connectivity index (χ1) is 8.20. The van der Waals surface area contributed by atoms with E-state index in [9.17, 15) is 9.59 Å². The first kappa shape index (κ1) is 15.0. The zero-order chi connectivity index (χ0) is 13.9. The van der Waals surface area contributed by atoms with Crippen molar-refractivity contribution in [2.45, 2.75) is 65.5 Å². The smallest absolute Gasteiger partial charge is 0.410 e. The predicted molar refractivity (Wildman–Crippen MR) is 70.4 cm³/mol. The fraction of sp³-hybridized carbons (Fsp3) is 0.857. The van der Waals surface area contributed by atoms with Crippen molar-refractivity contribution >= 4 is 11.9 Å². The van der Waals surface area contributed by atoms with E-state index in [1.165, 1.54) is 0 Å². The molecule has 0 aromatic rings. The molecular weight excluding hydrogens is 230 g/mol. The average Bonchev–Trinajstić information content (AvgIpc) is 2.62. The molecule has 1 fully saturated rings. The van der Waals surface area contributed by atoms with Gasteiger partial charge in [0, 0.05) is 24.9 Å². The van der Waals surface area contributed by atoms with Crippen LogP contribution >= 0.6 is 0 Å². The van der Waals surface area contributed by atoms with Crippen molar-refractivity contribution in [3.63, 3.8) is 0 Å². The number of hydrogen-bond acceptors (Lipinski definition) is 3. The van der Waals surface area contributed by atoms with Crippen molar-refractivity contribution < 1.29 is 14.3 Å². The molecule has 1 aliphatic heterocycles. The van der Waals surface area contributed by atoms with Gasteiger partial charge < -0.3 is 9.64 Å². The molecule has 0 saturated carbocycles. The molecule has 1 aliphatic rings. The molecule has 4 nitrogen and oxygen atoms in total. The van der Waals surface area contributed by atoms with Gasteiger partial charge in [0.2, 0.25) is 0 Å². The highest BCUT2D eigenvalue weighted by Gasteiger charge is 2.33.